The molecule has 0 radical (unpaired) electrons. The number of nitrogens with zero attached hydrogens (tertiary/aromatic N) is 3. The third kappa shape index (κ3) is 5.59. The second-order valence-corrected chi connectivity index (χ2v) is 6.58. The van der Waals surface area contributed by atoms with Crippen molar-refractivity contribution >= 4 is 35.8 Å². The standard InChI is InChI=1S/C21H28N4O4.HI/c1-4-22-21(23-15-16-7-5-8-17(27-2)19(16)28-3)25-12-10-24(11-13-25)20(26)18-9-6-14-29-18;/h5-9,14H,4,10-13,15H2,1-3H3,(H,22,23);1H. The number of amides is 1. The van der Waals surface area contributed by atoms with Crippen molar-refractivity contribution in [1.82, 2.24) is 15.1 Å². The Balaban J connectivity index is 0.00000320. The minimum atomic E-state index is -0.0716. The number of hydrogen-bond donors (Lipinski definition) is 1. The minimum Gasteiger partial charge on any atom is -0.493 e. The van der Waals surface area contributed by atoms with Gasteiger partial charge in [0.1, 0.15) is 0 Å². The van der Waals surface area contributed by atoms with Gasteiger partial charge in [-0.15, -0.1) is 24.0 Å². The highest BCUT2D eigenvalue weighted by atomic mass is 127. The predicted molar refractivity (Wildman–Crippen MR) is 126 cm³/mol. The van der Waals surface area contributed by atoms with E-state index in [1.165, 1.54) is 6.26 Å². The monoisotopic (exact) mass is 528 g/mol. The van der Waals surface area contributed by atoms with Crippen LogP contribution in [-0.2, 0) is 6.54 Å². The van der Waals surface area contributed by atoms with Crippen molar-refractivity contribution in [3.05, 3.63) is 47.9 Å². The number of piperazine rings is 1. The Hall–Kier alpha value is -2.43. The van der Waals surface area contributed by atoms with E-state index in [2.05, 4.69) is 10.2 Å². The van der Waals surface area contributed by atoms with Crippen LogP contribution in [0.1, 0.15) is 23.0 Å². The summed E-state index contributed by atoms with van der Waals surface area (Å²) in [5.41, 5.74) is 0.953. The van der Waals surface area contributed by atoms with Crippen molar-refractivity contribution in [2.24, 2.45) is 4.99 Å². The smallest absolute Gasteiger partial charge is 0.289 e. The van der Waals surface area contributed by atoms with Crippen LogP contribution in [0.3, 0.4) is 0 Å². The maximum Gasteiger partial charge on any atom is 0.289 e. The summed E-state index contributed by atoms with van der Waals surface area (Å²) in [4.78, 5) is 21.2. The molecule has 1 aromatic carbocycles. The lowest BCUT2D eigenvalue weighted by Crippen LogP contribution is -2.53. The van der Waals surface area contributed by atoms with Gasteiger partial charge in [0.2, 0.25) is 0 Å². The fourth-order valence-electron chi connectivity index (χ4n) is 3.34. The normalized spacial score (nSPS) is 14.2. The molecule has 30 heavy (non-hydrogen) atoms. The molecule has 3 rings (SSSR count). The van der Waals surface area contributed by atoms with Gasteiger partial charge < -0.3 is 29.0 Å². The van der Waals surface area contributed by atoms with Gasteiger partial charge in [0.25, 0.3) is 5.91 Å². The summed E-state index contributed by atoms with van der Waals surface area (Å²) in [7, 11) is 3.25. The van der Waals surface area contributed by atoms with Crippen LogP contribution < -0.4 is 14.8 Å². The van der Waals surface area contributed by atoms with Crippen molar-refractivity contribution in [3.63, 3.8) is 0 Å². The van der Waals surface area contributed by atoms with Crippen molar-refractivity contribution in [1.29, 1.82) is 0 Å². The molecule has 0 spiro atoms. The van der Waals surface area contributed by atoms with Crippen molar-refractivity contribution < 1.29 is 18.7 Å². The molecule has 1 saturated heterocycles. The van der Waals surface area contributed by atoms with E-state index in [0.29, 0.717) is 50.0 Å². The van der Waals surface area contributed by atoms with Crippen LogP contribution in [0.15, 0.2) is 46.0 Å². The van der Waals surface area contributed by atoms with Crippen molar-refractivity contribution in [2.75, 3.05) is 46.9 Å². The Kier molecular flexibility index (Phi) is 9.28. The maximum atomic E-state index is 12.4. The molecule has 1 aromatic heterocycles. The predicted octanol–water partition coefficient (Wildman–Crippen LogP) is 2.84. The lowest BCUT2D eigenvalue weighted by molar-refractivity contribution is 0.0657. The molecule has 2 aromatic rings. The van der Waals surface area contributed by atoms with Gasteiger partial charge >= 0.3 is 0 Å². The van der Waals surface area contributed by atoms with Crippen molar-refractivity contribution in [3.8, 4) is 11.5 Å². The quantitative estimate of drug-likeness (QED) is 0.353. The van der Waals surface area contributed by atoms with Crippen LogP contribution in [0.4, 0.5) is 0 Å². The average Bonchev–Trinajstić information content (AvgIpc) is 3.30. The molecule has 2 heterocycles. The van der Waals surface area contributed by atoms with Crippen LogP contribution in [0.25, 0.3) is 0 Å². The van der Waals surface area contributed by atoms with E-state index < -0.39 is 0 Å². The lowest BCUT2D eigenvalue weighted by Gasteiger charge is -2.36. The van der Waals surface area contributed by atoms with E-state index in [9.17, 15) is 4.79 Å². The zero-order valence-corrected chi connectivity index (χ0v) is 19.9. The number of para-hydroxylation sites is 1. The molecular weight excluding hydrogens is 499 g/mol. The molecule has 0 atom stereocenters. The van der Waals surface area contributed by atoms with E-state index in [-0.39, 0.29) is 29.9 Å². The molecule has 1 aliphatic rings. The van der Waals surface area contributed by atoms with Crippen LogP contribution in [0.5, 0.6) is 11.5 Å². The molecule has 1 fully saturated rings. The van der Waals surface area contributed by atoms with Crippen LogP contribution in [0.2, 0.25) is 0 Å². The van der Waals surface area contributed by atoms with Gasteiger partial charge in [0.15, 0.2) is 23.2 Å². The molecular formula is C21H29IN4O4. The van der Waals surface area contributed by atoms with Gasteiger partial charge in [-0.05, 0) is 25.1 Å². The van der Waals surface area contributed by atoms with Gasteiger partial charge in [-0.2, -0.15) is 0 Å². The van der Waals surface area contributed by atoms with E-state index in [1.54, 1.807) is 26.4 Å². The molecule has 0 saturated carbocycles. The third-order valence-corrected chi connectivity index (χ3v) is 4.82. The number of nitrogens with one attached hydrogen (secondary N) is 1. The Morgan fingerprint density at radius 2 is 1.83 bits per heavy atom. The third-order valence-electron chi connectivity index (χ3n) is 4.82. The first kappa shape index (κ1) is 23.8. The van der Waals surface area contributed by atoms with E-state index >= 15 is 0 Å². The zero-order chi connectivity index (χ0) is 20.6. The number of rotatable bonds is 6. The molecule has 0 aliphatic carbocycles. The number of furan rings is 1. The number of halogens is 1. The van der Waals surface area contributed by atoms with Gasteiger partial charge in [-0.3, -0.25) is 4.79 Å². The maximum absolute atomic E-state index is 12.4. The summed E-state index contributed by atoms with van der Waals surface area (Å²) in [6.45, 7) is 5.91. The Morgan fingerprint density at radius 1 is 1.10 bits per heavy atom. The highest BCUT2D eigenvalue weighted by Crippen LogP contribution is 2.31. The molecule has 1 aliphatic heterocycles. The van der Waals surface area contributed by atoms with Gasteiger partial charge in [-0.1, -0.05) is 12.1 Å². The molecule has 9 heteroatoms. The second-order valence-electron chi connectivity index (χ2n) is 6.58. The Morgan fingerprint density at radius 3 is 2.43 bits per heavy atom. The first-order valence-electron chi connectivity index (χ1n) is 9.73. The number of carbonyl (C=O) groups is 1. The highest BCUT2D eigenvalue weighted by Gasteiger charge is 2.25. The van der Waals surface area contributed by atoms with Crippen LogP contribution >= 0.6 is 24.0 Å². The van der Waals surface area contributed by atoms with Crippen LogP contribution in [-0.4, -0.2) is 68.6 Å². The summed E-state index contributed by atoms with van der Waals surface area (Å²) >= 11 is 0. The number of benzene rings is 1. The van der Waals surface area contributed by atoms with Crippen molar-refractivity contribution in [2.45, 2.75) is 13.5 Å². The number of methoxy groups -OCH3 is 2. The van der Waals surface area contributed by atoms with E-state index in [1.807, 2.05) is 30.0 Å². The molecule has 0 bridgehead atoms. The summed E-state index contributed by atoms with van der Waals surface area (Å²) in [6.07, 6.45) is 1.52. The molecule has 164 valence electrons. The number of aliphatic imine (C=N–C) groups is 1. The molecule has 1 amide bonds. The lowest BCUT2D eigenvalue weighted by atomic mass is 10.2. The second kappa shape index (κ2) is 11.7. The topological polar surface area (TPSA) is 79.5 Å². The first-order valence-corrected chi connectivity index (χ1v) is 9.73. The average molecular weight is 528 g/mol. The van der Waals surface area contributed by atoms with Crippen LogP contribution in [0, 0.1) is 0 Å². The summed E-state index contributed by atoms with van der Waals surface area (Å²) < 4.78 is 16.1. The highest BCUT2D eigenvalue weighted by molar-refractivity contribution is 14.0. The van der Waals surface area contributed by atoms with E-state index in [4.69, 9.17) is 18.9 Å². The molecule has 1 N–H and O–H groups in total. The minimum absolute atomic E-state index is 0. The van der Waals surface area contributed by atoms with Gasteiger partial charge in [0.05, 0.1) is 27.0 Å². The number of hydrogen-bond acceptors (Lipinski definition) is 5. The summed E-state index contributed by atoms with van der Waals surface area (Å²) in [5, 5.41) is 3.34. The Labute approximate surface area is 194 Å². The first-order chi connectivity index (χ1) is 14.2. The number of ether oxygens (including phenoxy) is 2. The molecule has 0 unspecified atom stereocenters. The number of carbonyl (C=O) groups excluding carboxylic acids is 1. The molecule has 8 nitrogen and oxygen atoms in total. The van der Waals surface area contributed by atoms with E-state index in [0.717, 1.165) is 18.1 Å². The van der Waals surface area contributed by atoms with Gasteiger partial charge in [0, 0.05) is 38.3 Å². The largest absolute Gasteiger partial charge is 0.493 e. The fourth-order valence-corrected chi connectivity index (χ4v) is 3.34. The summed E-state index contributed by atoms with van der Waals surface area (Å²) in [5.74, 6) is 2.52. The Bertz CT molecular complexity index is 834. The number of guanidine groups is 1. The summed E-state index contributed by atoms with van der Waals surface area (Å²) in [6, 6.07) is 9.20. The zero-order valence-electron chi connectivity index (χ0n) is 17.6. The fraction of sp³-hybridized carbons (Fsp3) is 0.429. The van der Waals surface area contributed by atoms with Gasteiger partial charge in [-0.25, -0.2) is 4.99 Å². The SMILES string of the molecule is CCNC(=NCc1cccc(OC)c1OC)N1CCN(C(=O)c2ccco2)CC1.I.